The molecule has 0 saturated heterocycles. The topological polar surface area (TPSA) is 58.5 Å². The van der Waals surface area contributed by atoms with Crippen molar-refractivity contribution in [2.75, 3.05) is 13.1 Å². The van der Waals surface area contributed by atoms with Crippen molar-refractivity contribution >= 4 is 17.6 Å². The molecule has 2 N–H and O–H groups in total. The van der Waals surface area contributed by atoms with Gasteiger partial charge in [0.25, 0.3) is 0 Å². The predicted octanol–water partition coefficient (Wildman–Crippen LogP) is 3.63. The fraction of sp³-hybridized carbons (Fsp3) is 0.333. The number of rotatable bonds is 8. The molecule has 0 saturated carbocycles. The number of nitrogens with zero attached hydrogens (tertiary/aromatic N) is 2. The molecule has 1 aromatic heterocycles. The molecular weight excluding hydrogens is 362 g/mol. The molecule has 0 radical (unpaired) electrons. The van der Waals surface area contributed by atoms with Gasteiger partial charge in [0.1, 0.15) is 10.9 Å². The van der Waals surface area contributed by atoms with E-state index < -0.39 is 6.61 Å². The van der Waals surface area contributed by atoms with E-state index in [4.69, 9.17) is 11.6 Å². The maximum Gasteiger partial charge on any atom is 0.387 e. The van der Waals surface area contributed by atoms with Crippen LogP contribution in [0.25, 0.3) is 0 Å². The maximum absolute atomic E-state index is 12.5. The molecule has 0 fully saturated rings. The summed E-state index contributed by atoms with van der Waals surface area (Å²) in [6.45, 7) is 0.641. The molecule has 0 amide bonds. The molecule has 0 aliphatic rings. The number of nitrogens with one attached hydrogen (secondary N) is 2. The largest absolute Gasteiger partial charge is 0.434 e. The number of hydrogen-bond acceptors (Lipinski definition) is 3. The lowest BCUT2D eigenvalue weighted by molar-refractivity contribution is -0.0504. The van der Waals surface area contributed by atoms with Crippen LogP contribution in [-0.2, 0) is 13.0 Å². The van der Waals surface area contributed by atoms with E-state index in [1.165, 1.54) is 6.07 Å². The van der Waals surface area contributed by atoms with Crippen molar-refractivity contribution in [3.63, 3.8) is 0 Å². The van der Waals surface area contributed by atoms with Crippen molar-refractivity contribution in [2.24, 2.45) is 4.99 Å². The van der Waals surface area contributed by atoms with Gasteiger partial charge in [-0.1, -0.05) is 35.9 Å². The summed E-state index contributed by atoms with van der Waals surface area (Å²) in [5, 5.41) is 6.78. The minimum atomic E-state index is -2.86. The van der Waals surface area contributed by atoms with Gasteiger partial charge in [-0.3, -0.25) is 0 Å². The Balaban J connectivity index is 1.94. The number of benzene rings is 1. The molecule has 0 spiro atoms. The molecular formula is C18H21ClF2N4O. The lowest BCUT2D eigenvalue weighted by Crippen LogP contribution is -2.38. The Morgan fingerprint density at radius 2 is 2.04 bits per heavy atom. The smallest absolute Gasteiger partial charge is 0.387 e. The molecule has 2 aromatic rings. The highest BCUT2D eigenvalue weighted by molar-refractivity contribution is 6.29. The summed E-state index contributed by atoms with van der Waals surface area (Å²) in [7, 11) is 0. The molecule has 8 heteroatoms. The Kier molecular flexibility index (Phi) is 8.08. The summed E-state index contributed by atoms with van der Waals surface area (Å²) in [6.07, 6.45) is 2.48. The van der Waals surface area contributed by atoms with Crippen LogP contribution >= 0.6 is 11.6 Å². The number of ether oxygens (including phenoxy) is 1. The molecule has 1 heterocycles. The lowest BCUT2D eigenvalue weighted by Gasteiger charge is -2.12. The Bertz CT molecular complexity index is 711. The van der Waals surface area contributed by atoms with Crippen LogP contribution in [0.1, 0.15) is 18.1 Å². The second-order valence-corrected chi connectivity index (χ2v) is 5.73. The summed E-state index contributed by atoms with van der Waals surface area (Å²) >= 11 is 5.77. The third-order valence-electron chi connectivity index (χ3n) is 3.44. The summed E-state index contributed by atoms with van der Waals surface area (Å²) < 4.78 is 29.5. The highest BCUT2D eigenvalue weighted by atomic mass is 35.5. The zero-order valence-electron chi connectivity index (χ0n) is 14.4. The van der Waals surface area contributed by atoms with Gasteiger partial charge in [-0.05, 0) is 31.0 Å². The number of halogens is 3. The number of aliphatic imine (C=N–C) groups is 1. The molecule has 0 aliphatic carbocycles. The number of aromatic nitrogens is 1. The van der Waals surface area contributed by atoms with Crippen molar-refractivity contribution in [2.45, 2.75) is 26.5 Å². The molecule has 26 heavy (non-hydrogen) atoms. The highest BCUT2D eigenvalue weighted by Crippen LogP contribution is 2.20. The molecule has 2 rings (SSSR count). The average molecular weight is 383 g/mol. The van der Waals surface area contributed by atoms with Crippen molar-refractivity contribution in [1.29, 1.82) is 0 Å². The number of guanidine groups is 1. The fourth-order valence-corrected chi connectivity index (χ4v) is 2.34. The zero-order chi connectivity index (χ0) is 18.8. The van der Waals surface area contributed by atoms with E-state index in [2.05, 4.69) is 25.3 Å². The number of para-hydroxylation sites is 1. The van der Waals surface area contributed by atoms with Crippen LogP contribution in [0.4, 0.5) is 8.78 Å². The maximum atomic E-state index is 12.5. The summed E-state index contributed by atoms with van der Waals surface area (Å²) in [5.74, 6) is 0.732. The van der Waals surface area contributed by atoms with Gasteiger partial charge in [-0.15, -0.1) is 0 Å². The first-order valence-electron chi connectivity index (χ1n) is 8.23. The Morgan fingerprint density at radius 3 is 2.73 bits per heavy atom. The predicted molar refractivity (Wildman–Crippen MR) is 98.8 cm³/mol. The van der Waals surface area contributed by atoms with E-state index in [0.29, 0.717) is 29.8 Å². The first kappa shape index (κ1) is 19.9. The quantitative estimate of drug-likeness (QED) is 0.416. The van der Waals surface area contributed by atoms with Crippen LogP contribution in [0.3, 0.4) is 0 Å². The lowest BCUT2D eigenvalue weighted by atomic mass is 10.2. The molecule has 140 valence electrons. The van der Waals surface area contributed by atoms with E-state index in [9.17, 15) is 8.78 Å². The van der Waals surface area contributed by atoms with E-state index >= 15 is 0 Å². The highest BCUT2D eigenvalue weighted by Gasteiger charge is 2.09. The van der Waals surface area contributed by atoms with Crippen LogP contribution in [-0.4, -0.2) is 30.6 Å². The van der Waals surface area contributed by atoms with Gasteiger partial charge in [0, 0.05) is 24.8 Å². The summed E-state index contributed by atoms with van der Waals surface area (Å²) in [5.41, 5.74) is 1.64. The van der Waals surface area contributed by atoms with Gasteiger partial charge in [0.15, 0.2) is 5.96 Å². The van der Waals surface area contributed by atoms with E-state index in [1.807, 2.05) is 13.0 Å². The molecule has 1 aromatic carbocycles. The Labute approximate surface area is 156 Å². The SMILES string of the molecule is CCNC(=NCc1ccccc1OC(F)F)NCCc1ccc(Cl)nc1. The average Bonchev–Trinajstić information content (AvgIpc) is 2.62. The minimum absolute atomic E-state index is 0.134. The van der Waals surface area contributed by atoms with E-state index in [1.54, 1.807) is 30.5 Å². The van der Waals surface area contributed by atoms with Crippen LogP contribution in [0, 0.1) is 0 Å². The van der Waals surface area contributed by atoms with E-state index in [-0.39, 0.29) is 12.3 Å². The van der Waals surface area contributed by atoms with Gasteiger partial charge in [-0.2, -0.15) is 8.78 Å². The molecule has 0 unspecified atom stereocenters. The van der Waals surface area contributed by atoms with Crippen LogP contribution in [0.15, 0.2) is 47.6 Å². The van der Waals surface area contributed by atoms with Gasteiger partial charge in [0.2, 0.25) is 0 Å². The number of alkyl halides is 2. The van der Waals surface area contributed by atoms with Crippen LogP contribution < -0.4 is 15.4 Å². The van der Waals surface area contributed by atoms with Crippen molar-refractivity contribution in [3.8, 4) is 5.75 Å². The minimum Gasteiger partial charge on any atom is -0.434 e. The second kappa shape index (κ2) is 10.6. The summed E-state index contributed by atoms with van der Waals surface area (Å²) in [6, 6.07) is 10.3. The zero-order valence-corrected chi connectivity index (χ0v) is 15.1. The monoisotopic (exact) mass is 382 g/mol. The third kappa shape index (κ3) is 6.84. The third-order valence-corrected chi connectivity index (χ3v) is 3.66. The van der Waals surface area contributed by atoms with Crippen molar-refractivity contribution in [3.05, 3.63) is 58.9 Å². The Hall–Kier alpha value is -2.41. The van der Waals surface area contributed by atoms with Crippen LogP contribution in [0.5, 0.6) is 5.75 Å². The second-order valence-electron chi connectivity index (χ2n) is 5.35. The fourth-order valence-electron chi connectivity index (χ4n) is 2.23. The Morgan fingerprint density at radius 1 is 1.23 bits per heavy atom. The molecule has 0 atom stereocenters. The molecule has 0 aliphatic heterocycles. The first-order valence-corrected chi connectivity index (χ1v) is 8.61. The summed E-state index contributed by atoms with van der Waals surface area (Å²) in [4.78, 5) is 8.47. The van der Waals surface area contributed by atoms with Crippen LogP contribution in [0.2, 0.25) is 5.15 Å². The number of hydrogen-bond donors (Lipinski definition) is 2. The number of pyridine rings is 1. The van der Waals surface area contributed by atoms with Crippen molar-refractivity contribution in [1.82, 2.24) is 15.6 Å². The first-order chi connectivity index (χ1) is 12.6. The van der Waals surface area contributed by atoms with E-state index in [0.717, 1.165) is 12.0 Å². The van der Waals surface area contributed by atoms with Crippen molar-refractivity contribution < 1.29 is 13.5 Å². The molecule has 0 bridgehead atoms. The normalized spacial score (nSPS) is 11.5. The van der Waals surface area contributed by atoms with Gasteiger partial charge < -0.3 is 15.4 Å². The molecule has 5 nitrogen and oxygen atoms in total. The van der Waals surface area contributed by atoms with Gasteiger partial charge in [-0.25, -0.2) is 9.98 Å². The van der Waals surface area contributed by atoms with Gasteiger partial charge >= 0.3 is 6.61 Å². The van der Waals surface area contributed by atoms with Gasteiger partial charge in [0.05, 0.1) is 6.54 Å². The standard InChI is InChI=1S/C18H21ClF2N4O/c1-2-22-18(23-10-9-13-7-8-16(19)24-11-13)25-12-14-5-3-4-6-15(14)26-17(20)21/h3-8,11,17H,2,9-10,12H2,1H3,(H2,22,23,25).